The molecule has 2 aliphatic rings. The number of likely N-dealkylation sites (tertiary alicyclic amines) is 1. The minimum absolute atomic E-state index is 0.275. The van der Waals surface area contributed by atoms with E-state index in [1.165, 1.54) is 11.6 Å². The van der Waals surface area contributed by atoms with Crippen molar-refractivity contribution in [3.63, 3.8) is 0 Å². The molecule has 4 rings (SSSR count). The molecule has 2 aromatic carbocycles. The normalized spacial score (nSPS) is 17.2. The molecule has 2 heterocycles. The Morgan fingerprint density at radius 3 is 2.27 bits per heavy atom. The molecule has 0 saturated carbocycles. The third kappa shape index (κ3) is 6.68. The molecule has 198 valence electrons. The van der Waals surface area contributed by atoms with Crippen LogP contribution in [0.4, 0.5) is 23.7 Å². The first kappa shape index (κ1) is 26.6. The summed E-state index contributed by atoms with van der Waals surface area (Å²) in [7, 11) is 0. The van der Waals surface area contributed by atoms with Crippen LogP contribution in [-0.4, -0.2) is 49.4 Å². The highest BCUT2D eigenvalue weighted by molar-refractivity contribution is 5.69. The zero-order chi connectivity index (χ0) is 26.8. The van der Waals surface area contributed by atoms with Crippen molar-refractivity contribution in [2.45, 2.75) is 51.3 Å². The maximum absolute atomic E-state index is 13.3. The molecule has 2 saturated heterocycles. The molecule has 6 nitrogen and oxygen atoms in total. The quantitative estimate of drug-likeness (QED) is 0.474. The summed E-state index contributed by atoms with van der Waals surface area (Å²) in [5.41, 5.74) is -0.0646. The van der Waals surface area contributed by atoms with Crippen LogP contribution in [0.15, 0.2) is 42.5 Å². The number of hydrogen-bond acceptors (Lipinski definition) is 5. The van der Waals surface area contributed by atoms with E-state index in [1.807, 2.05) is 49.9 Å². The van der Waals surface area contributed by atoms with E-state index in [-0.39, 0.29) is 17.6 Å². The molecule has 0 radical (unpaired) electrons. The first-order valence-electron chi connectivity index (χ1n) is 12.5. The first-order chi connectivity index (χ1) is 17.4. The highest BCUT2D eigenvalue weighted by atomic mass is 19.4. The van der Waals surface area contributed by atoms with E-state index < -0.39 is 17.3 Å². The number of ether oxygens (including phenoxy) is 2. The second-order valence-electron chi connectivity index (χ2n) is 10.7. The van der Waals surface area contributed by atoms with Gasteiger partial charge in [-0.25, -0.2) is 4.79 Å². The summed E-state index contributed by atoms with van der Waals surface area (Å²) < 4.78 is 51.3. The van der Waals surface area contributed by atoms with E-state index in [0.29, 0.717) is 44.4 Å². The molecule has 0 aliphatic carbocycles. The molecule has 2 aromatic rings. The second-order valence-corrected chi connectivity index (χ2v) is 10.7. The van der Waals surface area contributed by atoms with E-state index in [4.69, 9.17) is 14.7 Å². The monoisotopic (exact) mass is 515 g/mol. The van der Waals surface area contributed by atoms with Gasteiger partial charge in [0.05, 0.1) is 23.8 Å². The Hall–Kier alpha value is -3.41. The standard InChI is InChI=1S/C28H32F3N3O3/c1-27(2,3)37-26(35)34-16-19(17-34)18-36-24-8-5-20(6-9-24)21-10-12-33(13-11-21)23-7-4-22(15-32)25(14-23)28(29,30)31/h4-9,14,19,21H,10-13,16-18H2,1-3H3. The van der Waals surface area contributed by atoms with Gasteiger partial charge < -0.3 is 19.3 Å². The predicted molar refractivity (Wildman–Crippen MR) is 134 cm³/mol. The van der Waals surface area contributed by atoms with Crippen LogP contribution >= 0.6 is 0 Å². The number of rotatable bonds is 5. The average molecular weight is 516 g/mol. The van der Waals surface area contributed by atoms with Crippen LogP contribution in [0.1, 0.15) is 56.2 Å². The molecule has 0 N–H and O–H groups in total. The van der Waals surface area contributed by atoms with Crippen LogP contribution in [0.2, 0.25) is 0 Å². The van der Waals surface area contributed by atoms with Crippen molar-refractivity contribution < 1.29 is 27.4 Å². The maximum atomic E-state index is 13.3. The van der Waals surface area contributed by atoms with Crippen LogP contribution in [0.5, 0.6) is 5.75 Å². The van der Waals surface area contributed by atoms with Crippen molar-refractivity contribution >= 4 is 11.8 Å². The fourth-order valence-electron chi connectivity index (χ4n) is 4.73. The van der Waals surface area contributed by atoms with Gasteiger partial charge in [0.2, 0.25) is 0 Å². The smallest absolute Gasteiger partial charge is 0.417 e. The fourth-order valence-corrected chi connectivity index (χ4v) is 4.73. The van der Waals surface area contributed by atoms with Crippen molar-refractivity contribution in [3.8, 4) is 11.8 Å². The molecule has 2 aliphatic heterocycles. The van der Waals surface area contributed by atoms with E-state index in [2.05, 4.69) is 0 Å². The lowest BCUT2D eigenvalue weighted by molar-refractivity contribution is -0.137. The largest absolute Gasteiger partial charge is 0.493 e. The third-order valence-electron chi connectivity index (χ3n) is 6.74. The second kappa shape index (κ2) is 10.5. The van der Waals surface area contributed by atoms with Crippen LogP contribution in [-0.2, 0) is 10.9 Å². The first-order valence-corrected chi connectivity index (χ1v) is 12.5. The highest BCUT2D eigenvalue weighted by Gasteiger charge is 2.35. The van der Waals surface area contributed by atoms with Gasteiger partial charge in [-0.1, -0.05) is 12.1 Å². The van der Waals surface area contributed by atoms with Crippen molar-refractivity contribution in [2.24, 2.45) is 5.92 Å². The summed E-state index contributed by atoms with van der Waals surface area (Å²) in [5.74, 6) is 1.37. The molecule has 1 amide bonds. The number of carbonyl (C=O) groups excluding carboxylic acids is 1. The molecule has 0 bridgehead atoms. The number of carbonyl (C=O) groups is 1. The summed E-state index contributed by atoms with van der Waals surface area (Å²) in [5, 5.41) is 9.01. The Morgan fingerprint density at radius 2 is 1.70 bits per heavy atom. The molecular weight excluding hydrogens is 483 g/mol. The molecule has 37 heavy (non-hydrogen) atoms. The predicted octanol–water partition coefficient (Wildman–Crippen LogP) is 6.21. The lowest BCUT2D eigenvalue weighted by Crippen LogP contribution is -2.53. The summed E-state index contributed by atoms with van der Waals surface area (Å²) in [6, 6.07) is 13.5. The summed E-state index contributed by atoms with van der Waals surface area (Å²) in [4.78, 5) is 15.7. The van der Waals surface area contributed by atoms with Crippen LogP contribution in [0, 0.1) is 17.2 Å². The Balaban J connectivity index is 1.24. The number of hydrogen-bond donors (Lipinski definition) is 0. The van der Waals surface area contributed by atoms with Gasteiger partial charge >= 0.3 is 12.3 Å². The number of nitrogens with zero attached hydrogens (tertiary/aromatic N) is 3. The lowest BCUT2D eigenvalue weighted by atomic mass is 9.89. The number of benzene rings is 2. The van der Waals surface area contributed by atoms with E-state index in [0.717, 1.165) is 24.7 Å². The third-order valence-corrected chi connectivity index (χ3v) is 6.74. The molecule has 0 unspecified atom stereocenters. The number of alkyl halides is 3. The van der Waals surface area contributed by atoms with Gasteiger partial charge in [0.1, 0.15) is 11.4 Å². The maximum Gasteiger partial charge on any atom is 0.417 e. The number of piperidine rings is 1. The lowest BCUT2D eigenvalue weighted by Gasteiger charge is -2.39. The zero-order valence-electron chi connectivity index (χ0n) is 21.3. The van der Waals surface area contributed by atoms with Crippen molar-refractivity contribution in [3.05, 3.63) is 59.2 Å². The van der Waals surface area contributed by atoms with E-state index >= 15 is 0 Å². The summed E-state index contributed by atoms with van der Waals surface area (Å²) in [6.45, 7) is 8.60. The molecule has 9 heteroatoms. The molecule has 0 atom stereocenters. The van der Waals surface area contributed by atoms with Gasteiger partial charge in [-0.15, -0.1) is 0 Å². The highest BCUT2D eigenvalue weighted by Crippen LogP contribution is 2.36. The van der Waals surface area contributed by atoms with Crippen LogP contribution in [0.3, 0.4) is 0 Å². The molecular formula is C28H32F3N3O3. The number of anilines is 1. The minimum Gasteiger partial charge on any atom is -0.493 e. The summed E-state index contributed by atoms with van der Waals surface area (Å²) >= 11 is 0. The van der Waals surface area contributed by atoms with Gasteiger partial charge in [-0.3, -0.25) is 0 Å². The molecule has 0 spiro atoms. The van der Waals surface area contributed by atoms with Crippen LogP contribution in [0.25, 0.3) is 0 Å². The van der Waals surface area contributed by atoms with Crippen LogP contribution < -0.4 is 9.64 Å². The van der Waals surface area contributed by atoms with Crippen molar-refractivity contribution in [2.75, 3.05) is 37.7 Å². The Kier molecular flexibility index (Phi) is 7.58. The SMILES string of the molecule is CC(C)(C)OC(=O)N1CC(COc2ccc(C3CCN(c4ccc(C#N)c(C(F)(F)F)c4)CC3)cc2)C1. The Labute approximate surface area is 215 Å². The topological polar surface area (TPSA) is 65.8 Å². The van der Waals surface area contributed by atoms with Gasteiger partial charge in [0, 0.05) is 37.8 Å². The Morgan fingerprint density at radius 1 is 1.05 bits per heavy atom. The average Bonchev–Trinajstić information content (AvgIpc) is 2.81. The zero-order valence-corrected chi connectivity index (χ0v) is 21.3. The number of halogens is 3. The van der Waals surface area contributed by atoms with E-state index in [9.17, 15) is 18.0 Å². The van der Waals surface area contributed by atoms with Crippen molar-refractivity contribution in [1.82, 2.24) is 4.90 Å². The van der Waals surface area contributed by atoms with Gasteiger partial charge in [-0.2, -0.15) is 18.4 Å². The molecule has 2 fully saturated rings. The number of amides is 1. The Bertz CT molecular complexity index is 1140. The van der Waals surface area contributed by atoms with Gasteiger partial charge in [0.15, 0.2) is 0 Å². The van der Waals surface area contributed by atoms with Crippen molar-refractivity contribution in [1.29, 1.82) is 5.26 Å². The van der Waals surface area contributed by atoms with Gasteiger partial charge in [-0.05, 0) is 75.4 Å². The number of nitriles is 1. The molecule has 0 aromatic heterocycles. The van der Waals surface area contributed by atoms with E-state index in [1.54, 1.807) is 17.0 Å². The fraction of sp³-hybridized carbons (Fsp3) is 0.500. The minimum atomic E-state index is -4.56. The summed E-state index contributed by atoms with van der Waals surface area (Å²) in [6.07, 6.45) is -3.20. The van der Waals surface area contributed by atoms with Gasteiger partial charge in [0.25, 0.3) is 0 Å².